The van der Waals surface area contributed by atoms with Gasteiger partial charge in [0.25, 0.3) is 0 Å². The summed E-state index contributed by atoms with van der Waals surface area (Å²) in [6, 6.07) is 0.546. The number of rotatable bonds is 5. The second-order valence-corrected chi connectivity index (χ2v) is 4.78. The lowest BCUT2D eigenvalue weighted by Gasteiger charge is -2.15. The van der Waals surface area contributed by atoms with Crippen LogP contribution in [-0.2, 0) is 11.1 Å². The average Bonchev–Trinajstić information content (AvgIpc) is 2.40. The number of hydrogen-bond acceptors (Lipinski definition) is 3. The van der Waals surface area contributed by atoms with Gasteiger partial charge in [-0.2, -0.15) is 0 Å². The predicted octanol–water partition coefficient (Wildman–Crippen LogP) is 0.330. The van der Waals surface area contributed by atoms with Crippen LogP contribution < -0.4 is 10.6 Å². The van der Waals surface area contributed by atoms with Gasteiger partial charge in [0.2, 0.25) is 0 Å². The summed E-state index contributed by atoms with van der Waals surface area (Å²) in [5.41, 5.74) is 0. The van der Waals surface area contributed by atoms with Crippen molar-refractivity contribution in [2.75, 3.05) is 25.4 Å². The van der Waals surface area contributed by atoms with Gasteiger partial charge in [0.05, 0.1) is 5.75 Å². The summed E-state index contributed by atoms with van der Waals surface area (Å²) in [5.74, 6) is 0.382. The molecule has 0 saturated carbocycles. The van der Waals surface area contributed by atoms with Gasteiger partial charge in [-0.3, -0.25) is 0 Å². The molecule has 1 aliphatic rings. The zero-order valence-corrected chi connectivity index (χ0v) is 9.31. The Morgan fingerprint density at radius 3 is 3.14 bits per heavy atom. The maximum Gasteiger partial charge on any atom is 0.152 e. The van der Waals surface area contributed by atoms with E-state index < -0.39 is 11.1 Å². The zero-order chi connectivity index (χ0) is 10.2. The topological polar surface area (TPSA) is 61.4 Å². The van der Waals surface area contributed by atoms with Gasteiger partial charge in [-0.25, -0.2) is 4.21 Å². The van der Waals surface area contributed by atoms with Gasteiger partial charge >= 0.3 is 0 Å². The van der Waals surface area contributed by atoms with Crippen LogP contribution in [0.15, 0.2) is 0 Å². The fraction of sp³-hybridized carbons (Fsp3) is 1.00. The van der Waals surface area contributed by atoms with E-state index in [1.54, 1.807) is 0 Å². The molecule has 0 bridgehead atoms. The number of hydrogen-bond donors (Lipinski definition) is 3. The summed E-state index contributed by atoms with van der Waals surface area (Å²) in [4.78, 5) is 0. The van der Waals surface area contributed by atoms with Gasteiger partial charge in [0.1, 0.15) is 0 Å². The van der Waals surface area contributed by atoms with E-state index in [9.17, 15) is 4.21 Å². The van der Waals surface area contributed by atoms with E-state index in [4.69, 9.17) is 4.55 Å². The third-order valence-electron chi connectivity index (χ3n) is 2.48. The standard InChI is InChI=1S/C9H20N2O2S/c12-14(13)7-3-6-11-9-4-1-2-5-10-8-9/h9-11H,1-8H2,(H,12,13). The molecule has 0 aliphatic carbocycles. The molecular formula is C9H20N2O2S. The molecule has 0 aromatic carbocycles. The predicted molar refractivity (Wildman–Crippen MR) is 58.8 cm³/mol. The highest BCUT2D eigenvalue weighted by Crippen LogP contribution is 2.03. The molecule has 1 fully saturated rings. The minimum atomic E-state index is -1.63. The molecule has 0 spiro atoms. The van der Waals surface area contributed by atoms with Crippen molar-refractivity contribution in [2.45, 2.75) is 31.7 Å². The second-order valence-electron chi connectivity index (χ2n) is 3.73. The van der Waals surface area contributed by atoms with E-state index in [2.05, 4.69) is 10.6 Å². The maximum absolute atomic E-state index is 10.4. The van der Waals surface area contributed by atoms with Crippen molar-refractivity contribution in [3.8, 4) is 0 Å². The smallest absolute Gasteiger partial charge is 0.152 e. The minimum Gasteiger partial charge on any atom is -0.315 e. The van der Waals surface area contributed by atoms with Crippen LogP contribution in [0.4, 0.5) is 0 Å². The van der Waals surface area contributed by atoms with Crippen LogP contribution in [0.2, 0.25) is 0 Å². The van der Waals surface area contributed by atoms with Crippen molar-refractivity contribution < 1.29 is 8.76 Å². The van der Waals surface area contributed by atoms with Crippen molar-refractivity contribution in [1.29, 1.82) is 0 Å². The molecule has 1 aliphatic heterocycles. The van der Waals surface area contributed by atoms with Crippen LogP contribution in [0.3, 0.4) is 0 Å². The Kier molecular flexibility index (Phi) is 6.34. The lowest BCUT2D eigenvalue weighted by atomic mass is 10.1. The highest BCUT2D eigenvalue weighted by atomic mass is 32.2. The summed E-state index contributed by atoms with van der Waals surface area (Å²) in [6.45, 7) is 3.00. The quantitative estimate of drug-likeness (QED) is 0.461. The van der Waals surface area contributed by atoms with Crippen molar-refractivity contribution in [3.63, 3.8) is 0 Å². The third-order valence-corrected chi connectivity index (χ3v) is 3.11. The molecule has 0 aromatic rings. The monoisotopic (exact) mass is 220 g/mol. The van der Waals surface area contributed by atoms with Gasteiger partial charge in [-0.15, -0.1) is 0 Å². The summed E-state index contributed by atoms with van der Waals surface area (Å²) < 4.78 is 18.9. The Balaban J connectivity index is 2.01. The Bertz CT molecular complexity index is 170. The van der Waals surface area contributed by atoms with Crippen LogP contribution in [0.25, 0.3) is 0 Å². The first-order chi connectivity index (χ1) is 6.79. The van der Waals surface area contributed by atoms with Crippen molar-refractivity contribution >= 4 is 11.1 Å². The first kappa shape index (κ1) is 12.1. The minimum absolute atomic E-state index is 0.382. The molecular weight excluding hydrogens is 200 g/mol. The molecule has 5 heteroatoms. The van der Waals surface area contributed by atoms with E-state index in [0.717, 1.165) is 26.1 Å². The molecule has 0 radical (unpaired) electrons. The van der Waals surface area contributed by atoms with Gasteiger partial charge in [-0.1, -0.05) is 6.42 Å². The molecule has 0 aromatic heterocycles. The van der Waals surface area contributed by atoms with Crippen molar-refractivity contribution in [2.24, 2.45) is 0 Å². The van der Waals surface area contributed by atoms with Crippen molar-refractivity contribution in [3.05, 3.63) is 0 Å². The molecule has 3 N–H and O–H groups in total. The largest absolute Gasteiger partial charge is 0.315 e. The maximum atomic E-state index is 10.4. The summed E-state index contributed by atoms with van der Waals surface area (Å²) >= 11 is -1.63. The molecule has 2 unspecified atom stereocenters. The fourth-order valence-electron chi connectivity index (χ4n) is 1.70. The molecule has 14 heavy (non-hydrogen) atoms. The average molecular weight is 220 g/mol. The first-order valence-corrected chi connectivity index (χ1v) is 6.58. The molecule has 2 atom stereocenters. The summed E-state index contributed by atoms with van der Waals surface area (Å²) in [7, 11) is 0. The van der Waals surface area contributed by atoms with Gasteiger partial charge in [0, 0.05) is 12.6 Å². The molecule has 1 rings (SSSR count). The summed E-state index contributed by atoms with van der Waals surface area (Å²) in [5, 5.41) is 6.78. The second kappa shape index (κ2) is 7.34. The lowest BCUT2D eigenvalue weighted by Crippen LogP contribution is -2.37. The van der Waals surface area contributed by atoms with Crippen LogP contribution >= 0.6 is 0 Å². The van der Waals surface area contributed by atoms with E-state index in [1.165, 1.54) is 19.3 Å². The number of nitrogens with one attached hydrogen (secondary N) is 2. The Morgan fingerprint density at radius 1 is 1.50 bits per heavy atom. The van der Waals surface area contributed by atoms with Crippen molar-refractivity contribution in [1.82, 2.24) is 10.6 Å². The molecule has 4 nitrogen and oxygen atoms in total. The van der Waals surface area contributed by atoms with Crippen LogP contribution in [0.1, 0.15) is 25.7 Å². The highest BCUT2D eigenvalue weighted by molar-refractivity contribution is 7.79. The summed E-state index contributed by atoms with van der Waals surface area (Å²) in [6.07, 6.45) is 4.53. The molecule has 1 saturated heterocycles. The van der Waals surface area contributed by atoms with Gasteiger partial charge < -0.3 is 15.2 Å². The molecule has 0 amide bonds. The van der Waals surface area contributed by atoms with E-state index in [-0.39, 0.29) is 0 Å². The van der Waals surface area contributed by atoms with E-state index in [1.807, 2.05) is 0 Å². The van der Waals surface area contributed by atoms with Gasteiger partial charge in [-0.05, 0) is 32.4 Å². The lowest BCUT2D eigenvalue weighted by molar-refractivity contribution is 0.473. The SMILES string of the molecule is O=S(O)CCCNC1CCCCNC1. The van der Waals surface area contributed by atoms with E-state index >= 15 is 0 Å². The highest BCUT2D eigenvalue weighted by Gasteiger charge is 2.10. The first-order valence-electron chi connectivity index (χ1n) is 5.30. The molecule has 84 valence electrons. The normalized spacial score (nSPS) is 25.6. The van der Waals surface area contributed by atoms with Gasteiger partial charge in [0.15, 0.2) is 11.1 Å². The zero-order valence-electron chi connectivity index (χ0n) is 8.50. The van der Waals surface area contributed by atoms with Crippen LogP contribution in [0.5, 0.6) is 0 Å². The Morgan fingerprint density at radius 2 is 2.36 bits per heavy atom. The van der Waals surface area contributed by atoms with Crippen LogP contribution in [0, 0.1) is 0 Å². The van der Waals surface area contributed by atoms with Crippen LogP contribution in [-0.4, -0.2) is 40.2 Å². The van der Waals surface area contributed by atoms with E-state index in [0.29, 0.717) is 11.8 Å². The Labute approximate surface area is 88.1 Å². The fourth-order valence-corrected chi connectivity index (χ4v) is 2.09. The third kappa shape index (κ3) is 5.70. The molecule has 1 heterocycles. The Hall–Kier alpha value is 0.0300.